The lowest BCUT2D eigenvalue weighted by Gasteiger charge is -2.04. The number of hydrogen-bond acceptors (Lipinski definition) is 4. The molecule has 0 fully saturated rings. The summed E-state index contributed by atoms with van der Waals surface area (Å²) < 4.78 is 0. The normalized spacial score (nSPS) is 10.9. The van der Waals surface area contributed by atoms with Crippen LogP contribution < -0.4 is 5.56 Å². The van der Waals surface area contributed by atoms with Gasteiger partial charge in [0, 0.05) is 41.8 Å². The zero-order valence-electron chi connectivity index (χ0n) is 11.4. The van der Waals surface area contributed by atoms with Crippen LogP contribution in [0.3, 0.4) is 0 Å². The molecule has 2 aromatic rings. The Labute approximate surface area is 116 Å². The Bertz CT molecular complexity index is 717. The molecule has 0 saturated heterocycles. The van der Waals surface area contributed by atoms with Crippen LogP contribution in [0.2, 0.25) is 0 Å². The smallest absolute Gasteiger partial charge is 0.273 e. The number of hydrogen-bond donors (Lipinski definition) is 1. The van der Waals surface area contributed by atoms with Gasteiger partial charge in [-0.1, -0.05) is 6.07 Å². The molecule has 5 nitrogen and oxygen atoms in total. The summed E-state index contributed by atoms with van der Waals surface area (Å²) in [6.45, 7) is 3.38. The van der Waals surface area contributed by atoms with Crippen molar-refractivity contribution in [2.75, 3.05) is 0 Å². The molecule has 2 aromatic heterocycles. The number of Topliss-reactive ketones (excluding diaryl/α,β-unsaturated/α-hetero) is 1. The second-order valence-electron chi connectivity index (χ2n) is 4.46. The van der Waals surface area contributed by atoms with Gasteiger partial charge in [0.2, 0.25) is 0 Å². The summed E-state index contributed by atoms with van der Waals surface area (Å²) in [6.07, 6.45) is 5.02. The fourth-order valence-electron chi connectivity index (χ4n) is 1.79. The molecular formula is C15H15N3O2. The number of carbonyl (C=O) groups excluding carboxylic acids is 1. The third-order valence-corrected chi connectivity index (χ3v) is 2.81. The predicted molar refractivity (Wildman–Crippen MR) is 78.5 cm³/mol. The minimum Gasteiger partial charge on any atom is -0.327 e. The van der Waals surface area contributed by atoms with Gasteiger partial charge in [0.15, 0.2) is 0 Å². The van der Waals surface area contributed by atoms with Gasteiger partial charge < -0.3 is 4.98 Å². The Morgan fingerprint density at radius 2 is 2.30 bits per heavy atom. The number of aromatic nitrogens is 2. The number of nitrogens with one attached hydrogen (secondary N) is 1. The van der Waals surface area contributed by atoms with Crippen molar-refractivity contribution in [3.05, 3.63) is 46.6 Å². The monoisotopic (exact) mass is 269 g/mol. The minimum atomic E-state index is -0.282. The first-order valence-corrected chi connectivity index (χ1v) is 6.24. The van der Waals surface area contributed by atoms with Gasteiger partial charge in [0.25, 0.3) is 5.56 Å². The summed E-state index contributed by atoms with van der Waals surface area (Å²) in [7, 11) is 0. The number of carbonyl (C=O) groups is 1. The van der Waals surface area contributed by atoms with E-state index in [0.717, 1.165) is 16.8 Å². The maximum absolute atomic E-state index is 11.7. The number of ketones is 1. The van der Waals surface area contributed by atoms with Crippen molar-refractivity contribution >= 4 is 17.7 Å². The predicted octanol–water partition coefficient (Wildman–Crippen LogP) is 2.43. The van der Waals surface area contributed by atoms with Crippen LogP contribution >= 0.6 is 0 Å². The zero-order chi connectivity index (χ0) is 14.5. The van der Waals surface area contributed by atoms with Gasteiger partial charge in [-0.25, -0.2) is 0 Å². The SMILES string of the molecule is CC(=O)CC=Nc1cc(-c2cccnc2C)c[nH]c1=O. The Morgan fingerprint density at radius 3 is 3.00 bits per heavy atom. The Balaban J connectivity index is 2.39. The summed E-state index contributed by atoms with van der Waals surface area (Å²) in [5.41, 5.74) is 2.65. The van der Waals surface area contributed by atoms with Gasteiger partial charge in [0.1, 0.15) is 11.5 Å². The third-order valence-electron chi connectivity index (χ3n) is 2.81. The lowest BCUT2D eigenvalue weighted by atomic mass is 10.1. The average molecular weight is 269 g/mol. The number of nitrogens with zero attached hydrogens (tertiary/aromatic N) is 2. The summed E-state index contributed by atoms with van der Waals surface area (Å²) in [4.78, 5) is 33.5. The molecule has 0 aliphatic heterocycles. The first kappa shape index (κ1) is 13.9. The molecule has 0 saturated carbocycles. The highest BCUT2D eigenvalue weighted by Gasteiger charge is 2.05. The molecule has 0 aliphatic rings. The topological polar surface area (TPSA) is 75.2 Å². The number of H-pyrrole nitrogens is 1. The summed E-state index contributed by atoms with van der Waals surface area (Å²) >= 11 is 0. The standard InChI is InChI=1S/C15H15N3O2/c1-10(19)5-7-17-14-8-12(9-18-15(14)20)13-4-3-6-16-11(13)2/h3-4,6-9H,5H2,1-2H3,(H,18,20). The first-order chi connectivity index (χ1) is 9.58. The van der Waals surface area contributed by atoms with E-state index in [0.29, 0.717) is 0 Å². The van der Waals surface area contributed by atoms with Gasteiger partial charge in [-0.15, -0.1) is 0 Å². The molecule has 0 atom stereocenters. The van der Waals surface area contributed by atoms with Crippen LogP contribution in [0.1, 0.15) is 19.0 Å². The van der Waals surface area contributed by atoms with E-state index in [1.165, 1.54) is 13.1 Å². The maximum atomic E-state index is 11.7. The Hall–Kier alpha value is -2.56. The van der Waals surface area contributed by atoms with Gasteiger partial charge in [0.05, 0.1) is 0 Å². The van der Waals surface area contributed by atoms with Crippen molar-refractivity contribution in [2.24, 2.45) is 4.99 Å². The van der Waals surface area contributed by atoms with E-state index in [4.69, 9.17) is 0 Å². The van der Waals surface area contributed by atoms with Crippen LogP contribution in [-0.4, -0.2) is 22.0 Å². The van der Waals surface area contributed by atoms with Crippen LogP contribution in [0.4, 0.5) is 5.69 Å². The Kier molecular flexibility index (Phi) is 4.20. The van der Waals surface area contributed by atoms with Crippen molar-refractivity contribution in [2.45, 2.75) is 20.3 Å². The van der Waals surface area contributed by atoms with E-state index in [2.05, 4.69) is 15.0 Å². The molecule has 20 heavy (non-hydrogen) atoms. The number of aryl methyl sites for hydroxylation is 1. The molecule has 0 spiro atoms. The van der Waals surface area contributed by atoms with Crippen molar-refractivity contribution in [1.29, 1.82) is 0 Å². The lowest BCUT2D eigenvalue weighted by Crippen LogP contribution is -2.05. The molecule has 0 bridgehead atoms. The Morgan fingerprint density at radius 1 is 1.50 bits per heavy atom. The van der Waals surface area contributed by atoms with Crippen molar-refractivity contribution in [3.63, 3.8) is 0 Å². The van der Waals surface area contributed by atoms with Gasteiger partial charge in [-0.3, -0.25) is 19.6 Å². The van der Waals surface area contributed by atoms with E-state index in [9.17, 15) is 9.59 Å². The molecule has 0 aliphatic carbocycles. The number of rotatable bonds is 4. The largest absolute Gasteiger partial charge is 0.327 e. The fourth-order valence-corrected chi connectivity index (χ4v) is 1.79. The van der Waals surface area contributed by atoms with Gasteiger partial charge in [-0.2, -0.15) is 0 Å². The number of aromatic amines is 1. The fraction of sp³-hybridized carbons (Fsp3) is 0.200. The minimum absolute atomic E-state index is 0.00411. The summed E-state index contributed by atoms with van der Waals surface area (Å²) in [6, 6.07) is 5.46. The summed E-state index contributed by atoms with van der Waals surface area (Å²) in [5.74, 6) is 0.00411. The third kappa shape index (κ3) is 3.26. The van der Waals surface area contributed by atoms with E-state index < -0.39 is 0 Å². The highest BCUT2D eigenvalue weighted by atomic mass is 16.1. The maximum Gasteiger partial charge on any atom is 0.273 e. The lowest BCUT2D eigenvalue weighted by molar-refractivity contribution is -0.115. The number of pyridine rings is 2. The van der Waals surface area contributed by atoms with Crippen molar-refractivity contribution in [3.8, 4) is 11.1 Å². The molecule has 0 amide bonds. The van der Waals surface area contributed by atoms with E-state index in [-0.39, 0.29) is 23.5 Å². The van der Waals surface area contributed by atoms with Crippen molar-refractivity contribution in [1.82, 2.24) is 9.97 Å². The van der Waals surface area contributed by atoms with Gasteiger partial charge >= 0.3 is 0 Å². The summed E-state index contributed by atoms with van der Waals surface area (Å²) in [5, 5.41) is 0. The van der Waals surface area contributed by atoms with E-state index in [1.54, 1.807) is 18.5 Å². The van der Waals surface area contributed by atoms with E-state index >= 15 is 0 Å². The van der Waals surface area contributed by atoms with Crippen LogP contribution in [0.15, 0.2) is 40.4 Å². The van der Waals surface area contributed by atoms with Crippen molar-refractivity contribution < 1.29 is 4.79 Å². The van der Waals surface area contributed by atoms with Crippen LogP contribution in [-0.2, 0) is 4.79 Å². The first-order valence-electron chi connectivity index (χ1n) is 6.24. The van der Waals surface area contributed by atoms with Crippen LogP contribution in [0, 0.1) is 6.92 Å². The zero-order valence-corrected chi connectivity index (χ0v) is 11.4. The molecule has 0 aromatic carbocycles. The van der Waals surface area contributed by atoms with Crippen LogP contribution in [0.5, 0.6) is 0 Å². The van der Waals surface area contributed by atoms with E-state index in [1.807, 2.05) is 19.1 Å². The quantitative estimate of drug-likeness (QED) is 0.866. The van der Waals surface area contributed by atoms with Crippen LogP contribution in [0.25, 0.3) is 11.1 Å². The molecule has 2 heterocycles. The molecule has 2 rings (SSSR count). The average Bonchev–Trinajstić information content (AvgIpc) is 2.41. The second-order valence-corrected chi connectivity index (χ2v) is 4.46. The highest BCUT2D eigenvalue weighted by molar-refractivity contribution is 5.90. The molecule has 1 N–H and O–H groups in total. The molecule has 5 heteroatoms. The number of aliphatic imine (C=N–C) groups is 1. The molecule has 0 radical (unpaired) electrons. The molecule has 102 valence electrons. The van der Waals surface area contributed by atoms with Gasteiger partial charge in [-0.05, 0) is 26.0 Å². The second kappa shape index (κ2) is 6.06. The highest BCUT2D eigenvalue weighted by Crippen LogP contribution is 2.22. The molecular weight excluding hydrogens is 254 g/mol. The molecule has 0 unspecified atom stereocenters.